The van der Waals surface area contributed by atoms with Gasteiger partial charge in [-0.2, -0.15) is 0 Å². The van der Waals surface area contributed by atoms with Gasteiger partial charge in [0.2, 0.25) is 0 Å². The van der Waals surface area contributed by atoms with Crippen LogP contribution in [0.2, 0.25) is 0 Å². The Hall–Kier alpha value is -2.46. The molecule has 0 unspecified atom stereocenters. The number of amides is 1. The van der Waals surface area contributed by atoms with E-state index in [0.717, 1.165) is 23.6 Å². The molecule has 3 rings (SSSR count). The molecule has 0 saturated heterocycles. The number of aryl methyl sites for hydroxylation is 1. The van der Waals surface area contributed by atoms with E-state index in [4.69, 9.17) is 24.9 Å². The maximum atomic E-state index is 14.1. The van der Waals surface area contributed by atoms with Crippen LogP contribution < -0.4 is 21.8 Å². The third-order valence-electron chi connectivity index (χ3n) is 3.92. The maximum absolute atomic E-state index is 14.1. The normalized spacial score (nSPS) is 13.5. The highest BCUT2D eigenvalue weighted by molar-refractivity contribution is 7.71. The Morgan fingerprint density at radius 3 is 2.88 bits per heavy atom. The third kappa shape index (κ3) is 4.02. The van der Waals surface area contributed by atoms with Crippen molar-refractivity contribution in [2.75, 3.05) is 11.9 Å². The van der Waals surface area contributed by atoms with E-state index in [1.165, 1.54) is 19.2 Å². The number of hydroxylamine groups is 1. The first kappa shape index (κ1) is 18.3. The standard InChI is InChI=1S/C16H16BFN4O3S/c1-22-16(24)14(26)12(19-11-5-4-9(17)6-10(11)18)13(20-22)15(23)21-25-7-8-2-3-8/h4-6,8,19-20H,2-3,7H2,1H3,(H,21,23). The van der Waals surface area contributed by atoms with Crippen LogP contribution in [-0.4, -0.2) is 30.1 Å². The van der Waals surface area contributed by atoms with Gasteiger partial charge in [0.15, 0.2) is 0 Å². The van der Waals surface area contributed by atoms with E-state index >= 15 is 0 Å². The zero-order valence-electron chi connectivity index (χ0n) is 14.0. The molecule has 0 aliphatic heterocycles. The number of aromatic amines is 1. The third-order valence-corrected chi connectivity index (χ3v) is 4.29. The summed E-state index contributed by atoms with van der Waals surface area (Å²) in [7, 11) is 6.95. The summed E-state index contributed by atoms with van der Waals surface area (Å²) < 4.78 is 15.0. The van der Waals surface area contributed by atoms with Gasteiger partial charge in [0.05, 0.1) is 18.0 Å². The lowest BCUT2D eigenvalue weighted by Crippen LogP contribution is -2.31. The van der Waals surface area contributed by atoms with E-state index in [0.29, 0.717) is 12.5 Å². The van der Waals surface area contributed by atoms with Gasteiger partial charge >= 0.3 is 0 Å². The van der Waals surface area contributed by atoms with E-state index in [9.17, 15) is 14.0 Å². The van der Waals surface area contributed by atoms with Crippen LogP contribution in [0.15, 0.2) is 23.0 Å². The second-order valence-electron chi connectivity index (χ2n) is 6.10. The molecule has 1 amide bonds. The van der Waals surface area contributed by atoms with Gasteiger partial charge in [0, 0.05) is 7.05 Å². The van der Waals surface area contributed by atoms with Crippen molar-refractivity contribution in [3.63, 3.8) is 0 Å². The molecule has 0 spiro atoms. The van der Waals surface area contributed by atoms with Gasteiger partial charge in [0.25, 0.3) is 11.5 Å². The average molecular weight is 374 g/mol. The first-order valence-corrected chi connectivity index (χ1v) is 8.35. The number of rotatable bonds is 6. The van der Waals surface area contributed by atoms with Crippen LogP contribution in [0.5, 0.6) is 0 Å². The fourth-order valence-electron chi connectivity index (χ4n) is 2.26. The average Bonchev–Trinajstić information content (AvgIpc) is 3.41. The van der Waals surface area contributed by atoms with Crippen LogP contribution in [0.3, 0.4) is 0 Å². The predicted octanol–water partition coefficient (Wildman–Crippen LogP) is 1.19. The van der Waals surface area contributed by atoms with Crippen molar-refractivity contribution in [2.45, 2.75) is 12.8 Å². The van der Waals surface area contributed by atoms with Gasteiger partial charge in [-0.15, -0.1) is 0 Å². The number of nitrogens with zero attached hydrogens (tertiary/aromatic N) is 1. The van der Waals surface area contributed by atoms with Gasteiger partial charge in [-0.1, -0.05) is 23.7 Å². The minimum absolute atomic E-state index is 0.0145. The van der Waals surface area contributed by atoms with Crippen LogP contribution in [0.25, 0.3) is 0 Å². The lowest BCUT2D eigenvalue weighted by molar-refractivity contribution is 0.0265. The van der Waals surface area contributed by atoms with Crippen molar-refractivity contribution in [2.24, 2.45) is 13.0 Å². The summed E-state index contributed by atoms with van der Waals surface area (Å²) in [6.45, 7) is 0.410. The van der Waals surface area contributed by atoms with Crippen LogP contribution >= 0.6 is 12.2 Å². The number of carbonyl (C=O) groups excluding carboxylic acids is 1. The Balaban J connectivity index is 1.93. The van der Waals surface area contributed by atoms with Crippen LogP contribution in [0.4, 0.5) is 15.8 Å². The van der Waals surface area contributed by atoms with E-state index in [2.05, 4.69) is 15.9 Å². The van der Waals surface area contributed by atoms with Crippen molar-refractivity contribution in [1.82, 2.24) is 15.3 Å². The summed E-state index contributed by atoms with van der Waals surface area (Å²) in [5, 5.41) is 5.33. The van der Waals surface area contributed by atoms with Gasteiger partial charge in [-0.3, -0.25) is 24.2 Å². The molecule has 2 radical (unpaired) electrons. The largest absolute Gasteiger partial charge is 0.350 e. The summed E-state index contributed by atoms with van der Waals surface area (Å²) >= 11 is 5.14. The van der Waals surface area contributed by atoms with E-state index in [-0.39, 0.29) is 27.0 Å². The van der Waals surface area contributed by atoms with Gasteiger partial charge < -0.3 is 5.32 Å². The molecule has 3 N–H and O–H groups in total. The quantitative estimate of drug-likeness (QED) is 0.402. The molecule has 1 aromatic carbocycles. The van der Waals surface area contributed by atoms with Gasteiger partial charge in [-0.25, -0.2) is 9.87 Å². The lowest BCUT2D eigenvalue weighted by Gasteiger charge is -2.14. The summed E-state index contributed by atoms with van der Waals surface area (Å²) in [6, 6.07) is 3.99. The van der Waals surface area contributed by atoms with Crippen molar-refractivity contribution >= 4 is 42.8 Å². The van der Waals surface area contributed by atoms with Crippen molar-refractivity contribution in [3.05, 3.63) is 44.6 Å². The number of nitrogens with one attached hydrogen (secondary N) is 3. The highest BCUT2D eigenvalue weighted by Gasteiger charge is 2.23. The number of H-pyrrole nitrogens is 1. The van der Waals surface area contributed by atoms with Crippen molar-refractivity contribution in [1.29, 1.82) is 0 Å². The maximum Gasteiger partial charge on any atom is 0.294 e. The SMILES string of the molecule is [B]c1ccc(Nc2c(C(=O)NOCC3CC3)[nH]n(C)c(=O)c2=S)c(F)c1. The highest BCUT2D eigenvalue weighted by atomic mass is 32.1. The predicted molar refractivity (Wildman–Crippen MR) is 98.1 cm³/mol. The molecule has 7 nitrogen and oxygen atoms in total. The Kier molecular flexibility index (Phi) is 5.24. The van der Waals surface area contributed by atoms with E-state index < -0.39 is 17.3 Å². The molecule has 0 atom stereocenters. The Morgan fingerprint density at radius 2 is 2.23 bits per heavy atom. The highest BCUT2D eigenvalue weighted by Crippen LogP contribution is 2.28. The molecule has 1 aliphatic rings. The molecule has 1 saturated carbocycles. The number of anilines is 2. The first-order chi connectivity index (χ1) is 12.4. The minimum Gasteiger partial charge on any atom is -0.350 e. The Labute approximate surface area is 154 Å². The fraction of sp³-hybridized carbons (Fsp3) is 0.312. The minimum atomic E-state index is -0.642. The second kappa shape index (κ2) is 7.42. The summed E-state index contributed by atoms with van der Waals surface area (Å²) in [5.41, 5.74) is 1.98. The van der Waals surface area contributed by atoms with E-state index in [1.54, 1.807) is 0 Å². The number of carbonyl (C=O) groups is 1. The first-order valence-electron chi connectivity index (χ1n) is 7.94. The second-order valence-corrected chi connectivity index (χ2v) is 6.51. The summed E-state index contributed by atoms with van der Waals surface area (Å²) in [4.78, 5) is 29.7. The topological polar surface area (TPSA) is 88.2 Å². The number of hydrogen-bond acceptors (Lipinski definition) is 5. The molecular formula is C16H16BFN4O3S. The zero-order chi connectivity index (χ0) is 18.8. The number of aromatic nitrogens is 2. The van der Waals surface area contributed by atoms with Crippen molar-refractivity contribution < 1.29 is 14.0 Å². The molecule has 26 heavy (non-hydrogen) atoms. The lowest BCUT2D eigenvalue weighted by atomic mass is 9.96. The van der Waals surface area contributed by atoms with Crippen molar-refractivity contribution in [3.8, 4) is 0 Å². The number of halogens is 1. The fourth-order valence-corrected chi connectivity index (χ4v) is 2.55. The molecule has 1 heterocycles. The molecule has 1 aliphatic carbocycles. The number of benzene rings is 1. The molecule has 0 bridgehead atoms. The summed E-state index contributed by atoms with van der Waals surface area (Å²) in [5.74, 6) is -0.822. The van der Waals surface area contributed by atoms with Gasteiger partial charge in [-0.05, 0) is 30.9 Å². The van der Waals surface area contributed by atoms with Crippen LogP contribution in [0.1, 0.15) is 23.3 Å². The molecule has 10 heteroatoms. The Bertz CT molecular complexity index is 971. The molecule has 2 aromatic rings. The summed E-state index contributed by atoms with van der Waals surface area (Å²) in [6.07, 6.45) is 2.14. The molecule has 1 aromatic heterocycles. The van der Waals surface area contributed by atoms with Gasteiger partial charge in [0.1, 0.15) is 23.9 Å². The van der Waals surface area contributed by atoms with E-state index in [1.807, 2.05) is 0 Å². The zero-order valence-corrected chi connectivity index (χ0v) is 14.8. The number of hydrogen-bond donors (Lipinski definition) is 3. The van der Waals surface area contributed by atoms with Crippen LogP contribution in [0, 0.1) is 16.2 Å². The smallest absolute Gasteiger partial charge is 0.294 e. The monoisotopic (exact) mass is 374 g/mol. The van der Waals surface area contributed by atoms with Crippen LogP contribution in [-0.2, 0) is 11.9 Å². The molecular weight excluding hydrogens is 358 g/mol. The molecule has 134 valence electrons. The molecule has 1 fully saturated rings. The Morgan fingerprint density at radius 1 is 1.50 bits per heavy atom.